The average molecular weight is 338 g/mol. The first-order chi connectivity index (χ1) is 11.1. The van der Waals surface area contributed by atoms with Gasteiger partial charge in [-0.1, -0.05) is 13.0 Å². The van der Waals surface area contributed by atoms with Crippen LogP contribution in [0.3, 0.4) is 0 Å². The maximum atomic E-state index is 14.1. The van der Waals surface area contributed by atoms with Crippen LogP contribution in [0.5, 0.6) is 0 Å². The number of thiophene rings is 1. The van der Waals surface area contributed by atoms with Crippen LogP contribution in [0.4, 0.5) is 4.39 Å². The van der Waals surface area contributed by atoms with Crippen LogP contribution in [-0.4, -0.2) is 32.0 Å². The zero-order valence-corrected chi connectivity index (χ0v) is 13.9. The van der Waals surface area contributed by atoms with Gasteiger partial charge in [-0.05, 0) is 18.6 Å². The molecule has 2 aromatic rings. The van der Waals surface area contributed by atoms with E-state index in [0.29, 0.717) is 27.1 Å². The Bertz CT molecular complexity index is 715. The van der Waals surface area contributed by atoms with E-state index in [-0.39, 0.29) is 24.9 Å². The molecule has 2 rings (SSSR count). The van der Waals surface area contributed by atoms with Crippen molar-refractivity contribution in [2.24, 2.45) is 0 Å². The third-order valence-electron chi connectivity index (χ3n) is 3.24. The van der Waals surface area contributed by atoms with Crippen molar-refractivity contribution in [1.82, 2.24) is 10.6 Å². The molecule has 124 valence electrons. The molecule has 1 aromatic heterocycles. The number of benzene rings is 1. The molecule has 0 radical (unpaired) electrons. The number of ether oxygens (including phenoxy) is 1. The molecular weight excluding hydrogens is 319 g/mol. The summed E-state index contributed by atoms with van der Waals surface area (Å²) in [4.78, 5) is 24.3. The van der Waals surface area contributed by atoms with Crippen molar-refractivity contribution in [3.8, 4) is 0 Å². The zero-order chi connectivity index (χ0) is 16.8. The standard InChI is InChI=1S/C16H19FN2O3S/c1-3-7-18-13(20)8-19-16(21)15-10(9-22-2)14-11(17)5-4-6-12(14)23-15/h4-6H,3,7-9H2,1-2H3,(H,18,20)(H,19,21). The second-order valence-corrected chi connectivity index (χ2v) is 6.04. The van der Waals surface area contributed by atoms with Gasteiger partial charge in [0.15, 0.2) is 0 Å². The summed E-state index contributed by atoms with van der Waals surface area (Å²) < 4.78 is 19.8. The van der Waals surface area contributed by atoms with Gasteiger partial charge in [-0.3, -0.25) is 9.59 Å². The number of hydrogen-bond acceptors (Lipinski definition) is 4. The van der Waals surface area contributed by atoms with Gasteiger partial charge in [-0.2, -0.15) is 0 Å². The smallest absolute Gasteiger partial charge is 0.262 e. The average Bonchev–Trinajstić information content (AvgIpc) is 2.91. The molecule has 5 nitrogen and oxygen atoms in total. The predicted molar refractivity (Wildman–Crippen MR) is 88.1 cm³/mol. The highest BCUT2D eigenvalue weighted by molar-refractivity contribution is 7.21. The number of fused-ring (bicyclic) bond motifs is 1. The van der Waals surface area contributed by atoms with Crippen molar-refractivity contribution in [2.45, 2.75) is 20.0 Å². The van der Waals surface area contributed by atoms with Crippen LogP contribution in [0, 0.1) is 5.82 Å². The van der Waals surface area contributed by atoms with E-state index in [1.54, 1.807) is 12.1 Å². The summed E-state index contributed by atoms with van der Waals surface area (Å²) in [5, 5.41) is 5.65. The first kappa shape index (κ1) is 17.4. The van der Waals surface area contributed by atoms with E-state index in [0.717, 1.165) is 6.42 Å². The lowest BCUT2D eigenvalue weighted by atomic mass is 10.1. The summed E-state index contributed by atoms with van der Waals surface area (Å²) in [5.41, 5.74) is 0.511. The topological polar surface area (TPSA) is 67.4 Å². The minimum absolute atomic E-state index is 0.109. The quantitative estimate of drug-likeness (QED) is 0.815. The van der Waals surface area contributed by atoms with Crippen LogP contribution in [0.25, 0.3) is 10.1 Å². The van der Waals surface area contributed by atoms with Crippen LogP contribution in [0.1, 0.15) is 28.6 Å². The molecule has 1 aromatic carbocycles. The number of carbonyl (C=O) groups is 2. The SMILES string of the molecule is CCCNC(=O)CNC(=O)c1sc2cccc(F)c2c1COC. The summed E-state index contributed by atoms with van der Waals surface area (Å²) in [6.07, 6.45) is 0.827. The van der Waals surface area contributed by atoms with Gasteiger partial charge in [0.05, 0.1) is 18.0 Å². The summed E-state index contributed by atoms with van der Waals surface area (Å²) in [5.74, 6) is -1.03. The highest BCUT2D eigenvalue weighted by Gasteiger charge is 2.20. The van der Waals surface area contributed by atoms with Gasteiger partial charge in [-0.15, -0.1) is 11.3 Å². The first-order valence-corrected chi connectivity index (χ1v) is 8.13. The Morgan fingerprint density at radius 1 is 1.30 bits per heavy atom. The van der Waals surface area contributed by atoms with Gasteiger partial charge in [-0.25, -0.2) is 4.39 Å². The molecule has 0 bridgehead atoms. The molecule has 23 heavy (non-hydrogen) atoms. The lowest BCUT2D eigenvalue weighted by Gasteiger charge is -2.07. The Morgan fingerprint density at radius 2 is 2.09 bits per heavy atom. The van der Waals surface area contributed by atoms with Gasteiger partial charge in [0, 0.05) is 29.3 Å². The van der Waals surface area contributed by atoms with Crippen LogP contribution in [-0.2, 0) is 16.1 Å². The van der Waals surface area contributed by atoms with E-state index in [9.17, 15) is 14.0 Å². The lowest BCUT2D eigenvalue weighted by Crippen LogP contribution is -2.37. The fourth-order valence-corrected chi connectivity index (χ4v) is 3.34. The van der Waals surface area contributed by atoms with E-state index in [2.05, 4.69) is 10.6 Å². The van der Waals surface area contributed by atoms with Gasteiger partial charge >= 0.3 is 0 Å². The molecule has 0 aliphatic carbocycles. The van der Waals surface area contributed by atoms with Crippen molar-refractivity contribution in [1.29, 1.82) is 0 Å². The van der Waals surface area contributed by atoms with Crippen LogP contribution >= 0.6 is 11.3 Å². The third-order valence-corrected chi connectivity index (χ3v) is 4.44. The molecule has 2 N–H and O–H groups in total. The number of hydrogen-bond donors (Lipinski definition) is 2. The van der Waals surface area contributed by atoms with E-state index >= 15 is 0 Å². The maximum absolute atomic E-state index is 14.1. The van der Waals surface area contributed by atoms with Crippen molar-refractivity contribution in [3.63, 3.8) is 0 Å². The highest BCUT2D eigenvalue weighted by Crippen LogP contribution is 2.33. The number of halogens is 1. The molecule has 0 fully saturated rings. The Morgan fingerprint density at radius 3 is 2.78 bits per heavy atom. The van der Waals surface area contributed by atoms with Gasteiger partial charge < -0.3 is 15.4 Å². The lowest BCUT2D eigenvalue weighted by molar-refractivity contribution is -0.120. The molecule has 0 atom stereocenters. The largest absolute Gasteiger partial charge is 0.380 e. The van der Waals surface area contributed by atoms with Crippen molar-refractivity contribution < 1.29 is 18.7 Å². The first-order valence-electron chi connectivity index (χ1n) is 7.32. The maximum Gasteiger partial charge on any atom is 0.262 e. The second-order valence-electron chi connectivity index (χ2n) is 4.99. The van der Waals surface area contributed by atoms with Crippen LogP contribution in [0.15, 0.2) is 18.2 Å². The second kappa shape index (κ2) is 8.03. The van der Waals surface area contributed by atoms with E-state index in [1.807, 2.05) is 6.92 Å². The Labute approximate surface area is 137 Å². The van der Waals surface area contributed by atoms with Crippen molar-refractivity contribution >= 4 is 33.2 Å². The zero-order valence-electron chi connectivity index (χ0n) is 13.1. The normalized spacial score (nSPS) is 10.7. The van der Waals surface area contributed by atoms with Crippen LogP contribution in [0.2, 0.25) is 0 Å². The van der Waals surface area contributed by atoms with Crippen molar-refractivity contribution in [3.05, 3.63) is 34.5 Å². The number of rotatable bonds is 7. The minimum atomic E-state index is -0.399. The number of amides is 2. The fraction of sp³-hybridized carbons (Fsp3) is 0.375. The Hall–Kier alpha value is -1.99. The molecule has 0 spiro atoms. The Balaban J connectivity index is 2.21. The number of carbonyl (C=O) groups excluding carboxylic acids is 2. The molecule has 1 heterocycles. The third kappa shape index (κ3) is 4.05. The molecule has 0 saturated heterocycles. The van der Waals surface area contributed by atoms with Gasteiger partial charge in [0.1, 0.15) is 5.82 Å². The molecule has 7 heteroatoms. The Kier molecular flexibility index (Phi) is 6.06. The molecular formula is C16H19FN2O3S. The summed E-state index contributed by atoms with van der Waals surface area (Å²) in [6.45, 7) is 2.53. The van der Waals surface area contributed by atoms with Gasteiger partial charge in [0.2, 0.25) is 5.91 Å². The monoisotopic (exact) mass is 338 g/mol. The predicted octanol–water partition coefficient (Wildman–Crippen LogP) is 2.44. The summed E-state index contributed by atoms with van der Waals surface area (Å²) >= 11 is 1.19. The number of methoxy groups -OCH3 is 1. The summed E-state index contributed by atoms with van der Waals surface area (Å²) in [6, 6.07) is 4.71. The van der Waals surface area contributed by atoms with Crippen LogP contribution < -0.4 is 10.6 Å². The minimum Gasteiger partial charge on any atom is -0.380 e. The summed E-state index contributed by atoms with van der Waals surface area (Å²) in [7, 11) is 1.49. The van der Waals surface area contributed by atoms with Crippen molar-refractivity contribution in [2.75, 3.05) is 20.2 Å². The molecule has 2 amide bonds. The molecule has 0 aliphatic heterocycles. The number of nitrogens with one attached hydrogen (secondary N) is 2. The molecule has 0 unspecified atom stereocenters. The van der Waals surface area contributed by atoms with E-state index in [1.165, 1.54) is 24.5 Å². The van der Waals surface area contributed by atoms with E-state index in [4.69, 9.17) is 4.74 Å². The highest BCUT2D eigenvalue weighted by atomic mass is 32.1. The van der Waals surface area contributed by atoms with Gasteiger partial charge in [0.25, 0.3) is 5.91 Å². The van der Waals surface area contributed by atoms with E-state index < -0.39 is 5.91 Å². The fourth-order valence-electron chi connectivity index (χ4n) is 2.20. The molecule has 0 saturated carbocycles. The molecule has 0 aliphatic rings.